The van der Waals surface area contributed by atoms with Crippen LogP contribution in [0.5, 0.6) is 11.5 Å². The van der Waals surface area contributed by atoms with Gasteiger partial charge >= 0.3 is 0 Å². The van der Waals surface area contributed by atoms with Crippen molar-refractivity contribution in [3.63, 3.8) is 0 Å². The Balaban J connectivity index is 2.29. The van der Waals surface area contributed by atoms with E-state index in [0.29, 0.717) is 5.02 Å². The van der Waals surface area contributed by atoms with E-state index < -0.39 is 0 Å². The maximum atomic E-state index is 6.03. The van der Waals surface area contributed by atoms with E-state index in [2.05, 4.69) is 17.2 Å². The molecule has 0 spiro atoms. The molecule has 20 heavy (non-hydrogen) atoms. The molecule has 0 aliphatic rings. The van der Waals surface area contributed by atoms with Crippen molar-refractivity contribution in [3.8, 4) is 11.5 Å². The number of ether oxygens (including phenoxy) is 1. The Hall–Kier alpha value is -1.58. The molecule has 0 atom stereocenters. The molecule has 0 unspecified atom stereocenters. The third-order valence-corrected chi connectivity index (χ3v) is 3.24. The number of halogens is 1. The number of benzene rings is 1. The number of aromatic nitrogens is 1. The van der Waals surface area contributed by atoms with Gasteiger partial charge in [-0.15, -0.1) is 0 Å². The van der Waals surface area contributed by atoms with Crippen LogP contribution in [0.2, 0.25) is 5.02 Å². The van der Waals surface area contributed by atoms with Crippen molar-refractivity contribution in [3.05, 3.63) is 52.3 Å². The molecular weight excluding hydrogens is 272 g/mol. The highest BCUT2D eigenvalue weighted by Gasteiger charge is 2.08. The van der Waals surface area contributed by atoms with Crippen molar-refractivity contribution in [2.24, 2.45) is 0 Å². The van der Waals surface area contributed by atoms with Gasteiger partial charge in [0.2, 0.25) is 0 Å². The summed E-state index contributed by atoms with van der Waals surface area (Å²) in [6.45, 7) is 7.67. The molecule has 1 heterocycles. The Morgan fingerprint density at radius 3 is 2.70 bits per heavy atom. The van der Waals surface area contributed by atoms with Gasteiger partial charge in [0.25, 0.3) is 0 Å². The highest BCUT2D eigenvalue weighted by molar-refractivity contribution is 6.30. The quantitative estimate of drug-likeness (QED) is 0.894. The third-order valence-electron chi connectivity index (χ3n) is 3.00. The van der Waals surface area contributed by atoms with Gasteiger partial charge < -0.3 is 10.1 Å². The van der Waals surface area contributed by atoms with Crippen LogP contribution in [0.4, 0.5) is 0 Å². The lowest BCUT2D eigenvalue weighted by Gasteiger charge is -2.13. The van der Waals surface area contributed by atoms with Crippen LogP contribution in [-0.4, -0.2) is 11.5 Å². The lowest BCUT2D eigenvalue weighted by molar-refractivity contribution is 0.468. The van der Waals surface area contributed by atoms with Crippen LogP contribution in [0.25, 0.3) is 0 Å². The number of nitrogens with one attached hydrogen (secondary N) is 1. The van der Waals surface area contributed by atoms with Crippen LogP contribution in [0.15, 0.2) is 30.5 Å². The molecule has 0 saturated carbocycles. The van der Waals surface area contributed by atoms with Crippen LogP contribution >= 0.6 is 11.6 Å². The Labute approximate surface area is 124 Å². The Morgan fingerprint density at radius 1 is 1.20 bits per heavy atom. The minimum absolute atomic E-state index is 0.716. The van der Waals surface area contributed by atoms with Gasteiger partial charge in [-0.3, -0.25) is 4.98 Å². The van der Waals surface area contributed by atoms with Gasteiger partial charge in [0.05, 0.1) is 0 Å². The topological polar surface area (TPSA) is 34.2 Å². The first-order valence-electron chi connectivity index (χ1n) is 6.70. The fourth-order valence-electron chi connectivity index (χ4n) is 1.90. The van der Waals surface area contributed by atoms with Crippen molar-refractivity contribution in [2.75, 3.05) is 6.54 Å². The minimum atomic E-state index is 0.716. The summed E-state index contributed by atoms with van der Waals surface area (Å²) in [6.07, 6.45) is 1.86. The first-order chi connectivity index (χ1) is 9.60. The summed E-state index contributed by atoms with van der Waals surface area (Å²) in [7, 11) is 0. The first kappa shape index (κ1) is 14.8. The normalized spacial score (nSPS) is 10.6. The molecule has 2 rings (SSSR count). The summed E-state index contributed by atoms with van der Waals surface area (Å²) in [4.78, 5) is 4.33. The molecular formula is C16H19ClN2O. The summed E-state index contributed by atoms with van der Waals surface area (Å²) >= 11 is 5.97. The monoisotopic (exact) mass is 290 g/mol. The summed E-state index contributed by atoms with van der Waals surface area (Å²) < 4.78 is 6.03. The zero-order valence-corrected chi connectivity index (χ0v) is 12.8. The first-order valence-corrected chi connectivity index (χ1v) is 7.08. The zero-order valence-electron chi connectivity index (χ0n) is 12.0. The molecule has 0 aliphatic carbocycles. The Morgan fingerprint density at radius 2 is 2.00 bits per heavy atom. The van der Waals surface area contributed by atoms with Crippen molar-refractivity contribution < 1.29 is 4.74 Å². The maximum Gasteiger partial charge on any atom is 0.135 e. The van der Waals surface area contributed by atoms with Crippen LogP contribution in [-0.2, 0) is 6.54 Å². The molecule has 4 heteroatoms. The second kappa shape index (κ2) is 6.73. The van der Waals surface area contributed by atoms with E-state index >= 15 is 0 Å². The fourth-order valence-corrected chi connectivity index (χ4v) is 2.12. The van der Waals surface area contributed by atoms with E-state index in [1.165, 1.54) is 0 Å². The van der Waals surface area contributed by atoms with Crippen LogP contribution in [0.1, 0.15) is 23.7 Å². The zero-order chi connectivity index (χ0) is 14.5. The predicted octanol–water partition coefficient (Wildman–Crippen LogP) is 4.25. The number of nitrogens with zero attached hydrogens (tertiary/aromatic N) is 1. The fraction of sp³-hybridized carbons (Fsp3) is 0.312. The molecule has 0 fully saturated rings. The average Bonchev–Trinajstić information content (AvgIpc) is 2.41. The summed E-state index contributed by atoms with van der Waals surface area (Å²) in [5.74, 6) is 1.65. The largest absolute Gasteiger partial charge is 0.457 e. The molecule has 2 aromatic rings. The van der Waals surface area contributed by atoms with Gasteiger partial charge in [0.1, 0.15) is 11.5 Å². The highest BCUT2D eigenvalue weighted by Crippen LogP contribution is 2.29. The molecule has 0 saturated heterocycles. The van der Waals surface area contributed by atoms with Gasteiger partial charge in [-0.25, -0.2) is 0 Å². The van der Waals surface area contributed by atoms with Crippen LogP contribution < -0.4 is 10.1 Å². The van der Waals surface area contributed by atoms with Crippen molar-refractivity contribution in [1.82, 2.24) is 10.3 Å². The third kappa shape index (κ3) is 3.71. The standard InChI is InChI=1S/C16H19ClN2O/c1-4-18-9-13-10-19-12(3)8-16(13)20-15-6-5-14(17)7-11(15)2/h5-8,10,18H,4,9H2,1-3H3. The molecule has 1 N–H and O–H groups in total. The van der Waals surface area contributed by atoms with Gasteiger partial charge in [-0.2, -0.15) is 0 Å². The Kier molecular flexibility index (Phi) is 4.99. The average molecular weight is 291 g/mol. The predicted molar refractivity (Wildman–Crippen MR) is 82.6 cm³/mol. The second-order valence-corrected chi connectivity index (χ2v) is 5.16. The highest BCUT2D eigenvalue weighted by atomic mass is 35.5. The number of rotatable bonds is 5. The van der Waals surface area contributed by atoms with Gasteiger partial charge in [-0.1, -0.05) is 18.5 Å². The van der Waals surface area contributed by atoms with Crippen molar-refractivity contribution in [2.45, 2.75) is 27.3 Å². The maximum absolute atomic E-state index is 6.03. The molecule has 0 bridgehead atoms. The number of pyridine rings is 1. The van der Waals surface area contributed by atoms with Crippen LogP contribution in [0.3, 0.4) is 0 Å². The molecule has 106 valence electrons. The molecule has 0 aliphatic heterocycles. The summed E-state index contributed by atoms with van der Waals surface area (Å²) in [6, 6.07) is 7.59. The molecule has 1 aromatic heterocycles. The Bertz CT molecular complexity index is 599. The van der Waals surface area contributed by atoms with E-state index in [-0.39, 0.29) is 0 Å². The van der Waals surface area contributed by atoms with Crippen molar-refractivity contribution in [1.29, 1.82) is 0 Å². The minimum Gasteiger partial charge on any atom is -0.457 e. The van der Waals surface area contributed by atoms with Gasteiger partial charge in [0, 0.05) is 35.1 Å². The van der Waals surface area contributed by atoms with E-state index in [0.717, 1.165) is 41.4 Å². The second-order valence-electron chi connectivity index (χ2n) is 4.73. The smallest absolute Gasteiger partial charge is 0.135 e. The molecule has 0 amide bonds. The van der Waals surface area contributed by atoms with Crippen molar-refractivity contribution >= 4 is 11.6 Å². The number of hydrogen-bond donors (Lipinski definition) is 1. The molecule has 3 nitrogen and oxygen atoms in total. The van der Waals surface area contributed by atoms with E-state index in [4.69, 9.17) is 16.3 Å². The van der Waals surface area contributed by atoms with Crippen LogP contribution in [0, 0.1) is 13.8 Å². The van der Waals surface area contributed by atoms with Gasteiger partial charge in [0.15, 0.2) is 0 Å². The molecule has 1 aromatic carbocycles. The lowest BCUT2D eigenvalue weighted by atomic mass is 10.2. The summed E-state index contributed by atoms with van der Waals surface area (Å²) in [5, 5.41) is 4.01. The van der Waals surface area contributed by atoms with E-state index in [1.54, 1.807) is 0 Å². The lowest BCUT2D eigenvalue weighted by Crippen LogP contribution is -2.13. The van der Waals surface area contributed by atoms with E-state index in [9.17, 15) is 0 Å². The number of hydrogen-bond acceptors (Lipinski definition) is 3. The molecule has 0 radical (unpaired) electrons. The number of aryl methyl sites for hydroxylation is 2. The SMILES string of the molecule is CCNCc1cnc(C)cc1Oc1ccc(Cl)cc1C. The van der Waals surface area contributed by atoms with E-state index in [1.807, 2.05) is 44.3 Å². The van der Waals surface area contributed by atoms with Gasteiger partial charge in [-0.05, 0) is 44.2 Å². The summed E-state index contributed by atoms with van der Waals surface area (Å²) in [5.41, 5.74) is 3.00.